The van der Waals surface area contributed by atoms with Crippen molar-refractivity contribution < 1.29 is 10.2 Å². The normalized spacial score (nSPS) is 11.1. The second kappa shape index (κ2) is 3.17. The van der Waals surface area contributed by atoms with Gasteiger partial charge in [-0.15, -0.1) is 0 Å². The first kappa shape index (κ1) is 9.58. The van der Waals surface area contributed by atoms with Crippen LogP contribution in [0.2, 0.25) is 0 Å². The summed E-state index contributed by atoms with van der Waals surface area (Å²) >= 11 is 0. The Morgan fingerprint density at radius 3 is 2.35 bits per heavy atom. The Morgan fingerprint density at radius 2 is 1.53 bits per heavy atom. The summed E-state index contributed by atoms with van der Waals surface area (Å²) in [5, 5.41) is 19.1. The highest BCUT2D eigenvalue weighted by Gasteiger charge is 2.12. The Morgan fingerprint density at radius 1 is 0.824 bits per heavy atom. The third kappa shape index (κ3) is 1.38. The van der Waals surface area contributed by atoms with Crippen LogP contribution in [0, 0.1) is 6.92 Å². The lowest BCUT2D eigenvalue weighted by Gasteiger charge is -2.02. The van der Waals surface area contributed by atoms with Crippen molar-refractivity contribution in [2.75, 3.05) is 0 Å². The van der Waals surface area contributed by atoms with Gasteiger partial charge in [0, 0.05) is 0 Å². The number of hydrogen-bond acceptors (Lipinski definition) is 8. The Balaban J connectivity index is 2.52. The van der Waals surface area contributed by atoms with Gasteiger partial charge in [0.25, 0.3) is 0 Å². The van der Waals surface area contributed by atoms with E-state index in [9.17, 15) is 10.2 Å². The van der Waals surface area contributed by atoms with E-state index in [1.165, 1.54) is 0 Å². The first-order valence-electron chi connectivity index (χ1n) is 4.70. The van der Waals surface area contributed by atoms with Crippen molar-refractivity contribution in [3.63, 3.8) is 0 Å². The van der Waals surface area contributed by atoms with Crippen molar-refractivity contribution >= 4 is 22.3 Å². The van der Waals surface area contributed by atoms with E-state index in [4.69, 9.17) is 0 Å². The number of hydrogen-bond donors (Lipinski definition) is 2. The van der Waals surface area contributed by atoms with Crippen molar-refractivity contribution in [1.29, 1.82) is 0 Å². The maximum Gasteiger partial charge on any atom is 0.243 e. The SMILES string of the molecule is Cc1nc(O)c2nc3ncnc(O)c3nc2n1. The molecule has 0 amide bonds. The second-order valence-corrected chi connectivity index (χ2v) is 3.36. The van der Waals surface area contributed by atoms with Crippen LogP contribution < -0.4 is 0 Å². The van der Waals surface area contributed by atoms with E-state index in [1.54, 1.807) is 6.92 Å². The van der Waals surface area contributed by atoms with Crippen molar-refractivity contribution in [3.05, 3.63) is 12.2 Å². The first-order chi connectivity index (χ1) is 8.15. The minimum absolute atomic E-state index is 0.137. The van der Waals surface area contributed by atoms with Crippen LogP contribution in [0.5, 0.6) is 11.8 Å². The number of aromatic nitrogens is 6. The predicted molar refractivity (Wildman–Crippen MR) is 56.3 cm³/mol. The number of nitrogens with zero attached hydrogens (tertiary/aromatic N) is 6. The zero-order chi connectivity index (χ0) is 12.0. The Kier molecular flexibility index (Phi) is 1.79. The molecule has 0 aliphatic carbocycles. The van der Waals surface area contributed by atoms with Crippen LogP contribution >= 0.6 is 0 Å². The van der Waals surface area contributed by atoms with Crippen LogP contribution in [0.4, 0.5) is 0 Å². The van der Waals surface area contributed by atoms with E-state index in [-0.39, 0.29) is 34.1 Å². The average molecular weight is 230 g/mol. The lowest BCUT2D eigenvalue weighted by Crippen LogP contribution is -1.97. The fourth-order valence-corrected chi connectivity index (χ4v) is 1.47. The molecule has 2 N–H and O–H groups in total. The van der Waals surface area contributed by atoms with Crippen molar-refractivity contribution in [3.8, 4) is 11.8 Å². The lowest BCUT2D eigenvalue weighted by molar-refractivity contribution is 0.454. The highest BCUT2D eigenvalue weighted by molar-refractivity contribution is 5.86. The maximum atomic E-state index is 9.62. The molecule has 0 aromatic carbocycles. The van der Waals surface area contributed by atoms with E-state index in [0.717, 1.165) is 6.33 Å². The van der Waals surface area contributed by atoms with Gasteiger partial charge in [0.2, 0.25) is 11.8 Å². The zero-order valence-corrected chi connectivity index (χ0v) is 8.66. The van der Waals surface area contributed by atoms with Gasteiger partial charge in [0.1, 0.15) is 12.2 Å². The van der Waals surface area contributed by atoms with Gasteiger partial charge in [-0.05, 0) is 6.92 Å². The third-order valence-electron chi connectivity index (χ3n) is 2.18. The number of aromatic hydroxyl groups is 2. The largest absolute Gasteiger partial charge is 0.492 e. The molecule has 0 radical (unpaired) electrons. The minimum atomic E-state index is -0.278. The van der Waals surface area contributed by atoms with Crippen LogP contribution in [-0.2, 0) is 0 Å². The summed E-state index contributed by atoms with van der Waals surface area (Å²) in [6.45, 7) is 1.62. The lowest BCUT2D eigenvalue weighted by atomic mass is 10.4. The van der Waals surface area contributed by atoms with Crippen LogP contribution in [0.1, 0.15) is 5.82 Å². The van der Waals surface area contributed by atoms with Crippen molar-refractivity contribution in [2.45, 2.75) is 6.92 Å². The first-order valence-corrected chi connectivity index (χ1v) is 4.70. The van der Waals surface area contributed by atoms with Crippen LogP contribution in [0.15, 0.2) is 6.33 Å². The average Bonchev–Trinajstić information content (AvgIpc) is 2.28. The van der Waals surface area contributed by atoms with Crippen LogP contribution in [-0.4, -0.2) is 40.1 Å². The van der Waals surface area contributed by atoms with Crippen LogP contribution in [0.3, 0.4) is 0 Å². The van der Waals surface area contributed by atoms with E-state index < -0.39 is 0 Å². The summed E-state index contributed by atoms with van der Waals surface area (Å²) in [5.41, 5.74) is 0.638. The molecule has 0 bridgehead atoms. The molecule has 0 saturated heterocycles. The molecule has 17 heavy (non-hydrogen) atoms. The van der Waals surface area contributed by atoms with Gasteiger partial charge in [0.15, 0.2) is 22.3 Å². The van der Waals surface area contributed by atoms with Gasteiger partial charge >= 0.3 is 0 Å². The molecule has 8 nitrogen and oxygen atoms in total. The molecule has 0 unspecified atom stereocenters. The summed E-state index contributed by atoms with van der Waals surface area (Å²) in [5.74, 6) is -0.180. The summed E-state index contributed by atoms with van der Waals surface area (Å²) in [4.78, 5) is 23.3. The predicted octanol–water partition coefficient (Wildman–Crippen LogP) is 0.0826. The Bertz CT molecular complexity index is 744. The highest BCUT2D eigenvalue weighted by atomic mass is 16.3. The topological polar surface area (TPSA) is 118 Å². The second-order valence-electron chi connectivity index (χ2n) is 3.36. The molecular formula is C9H6N6O2. The molecule has 0 saturated carbocycles. The number of aryl methyl sites for hydroxylation is 1. The van der Waals surface area contributed by atoms with E-state index >= 15 is 0 Å². The number of fused-ring (bicyclic) bond motifs is 2. The van der Waals surface area contributed by atoms with Gasteiger partial charge in [-0.3, -0.25) is 0 Å². The molecule has 0 spiro atoms. The fraction of sp³-hybridized carbons (Fsp3) is 0.111. The van der Waals surface area contributed by atoms with Crippen molar-refractivity contribution in [2.24, 2.45) is 0 Å². The molecule has 3 aromatic rings. The molecule has 0 aliphatic rings. The number of rotatable bonds is 0. The maximum absolute atomic E-state index is 9.62. The quantitative estimate of drug-likeness (QED) is 0.521. The standard InChI is InChI=1S/C9H6N6O2/c1-3-12-7-5(9(17)13-3)14-6-4(15-7)8(16)11-2-10-6/h2H,1H3,(H,10,11,14,16)(H,12,13,15,17). The summed E-state index contributed by atoms with van der Waals surface area (Å²) in [7, 11) is 0. The third-order valence-corrected chi connectivity index (χ3v) is 2.18. The van der Waals surface area contributed by atoms with Gasteiger partial charge in [0.05, 0.1) is 0 Å². The Labute approximate surface area is 94.1 Å². The smallest absolute Gasteiger partial charge is 0.243 e. The molecule has 0 aliphatic heterocycles. The van der Waals surface area contributed by atoms with E-state index in [2.05, 4.69) is 29.9 Å². The molecular weight excluding hydrogens is 224 g/mol. The summed E-state index contributed by atoms with van der Waals surface area (Å²) < 4.78 is 0. The summed E-state index contributed by atoms with van der Waals surface area (Å²) in [6, 6.07) is 0. The van der Waals surface area contributed by atoms with Gasteiger partial charge < -0.3 is 10.2 Å². The fourth-order valence-electron chi connectivity index (χ4n) is 1.47. The molecule has 3 heterocycles. The van der Waals surface area contributed by atoms with Gasteiger partial charge in [-0.25, -0.2) is 19.9 Å². The molecule has 0 fully saturated rings. The molecule has 84 valence electrons. The zero-order valence-electron chi connectivity index (χ0n) is 8.66. The van der Waals surface area contributed by atoms with Gasteiger partial charge in [-0.1, -0.05) is 0 Å². The van der Waals surface area contributed by atoms with E-state index in [0.29, 0.717) is 5.82 Å². The van der Waals surface area contributed by atoms with E-state index in [1.807, 2.05) is 0 Å². The summed E-state index contributed by atoms with van der Waals surface area (Å²) in [6.07, 6.45) is 1.16. The molecule has 8 heteroatoms. The monoisotopic (exact) mass is 230 g/mol. The molecule has 3 rings (SSSR count). The Hall–Kier alpha value is -2.64. The van der Waals surface area contributed by atoms with Gasteiger partial charge in [-0.2, -0.15) is 9.97 Å². The highest BCUT2D eigenvalue weighted by Crippen LogP contribution is 2.22. The molecule has 3 aromatic heterocycles. The molecule has 0 atom stereocenters. The van der Waals surface area contributed by atoms with Crippen molar-refractivity contribution in [1.82, 2.24) is 29.9 Å². The minimum Gasteiger partial charge on any atom is -0.492 e. The van der Waals surface area contributed by atoms with Crippen LogP contribution in [0.25, 0.3) is 22.3 Å².